The lowest BCUT2D eigenvalue weighted by Gasteiger charge is -2.37. The van der Waals surface area contributed by atoms with Gasteiger partial charge in [0.15, 0.2) is 0 Å². The second-order valence-corrected chi connectivity index (χ2v) is 21.1. The van der Waals surface area contributed by atoms with Gasteiger partial charge in [0.25, 0.3) is 0 Å². The average molecular weight is 897 g/mol. The maximum absolute atomic E-state index is 11.1. The van der Waals surface area contributed by atoms with Crippen molar-refractivity contribution in [3.05, 3.63) is 211 Å². The van der Waals surface area contributed by atoms with Crippen molar-refractivity contribution >= 4 is 12.9 Å². The molecule has 69 heavy (non-hydrogen) atoms. The van der Waals surface area contributed by atoms with Crippen LogP contribution in [0.15, 0.2) is 188 Å². The molecule has 5 heteroatoms. The molecule has 2 aliphatic rings. The largest absolute Gasteiger partial charge is 0.427 e. The van der Waals surface area contributed by atoms with Crippen LogP contribution in [0.25, 0.3) is 89.3 Å². The lowest BCUT2D eigenvalue weighted by atomic mass is 9.79. The summed E-state index contributed by atoms with van der Waals surface area (Å²) in [4.78, 5) is 10.2. The average Bonchev–Trinajstić information content (AvgIpc) is 3.74. The summed E-state index contributed by atoms with van der Waals surface area (Å²) in [7, 11) is 0.319. The Kier molecular flexibility index (Phi) is 10.6. The molecule has 4 nitrogen and oxygen atoms in total. The van der Waals surface area contributed by atoms with Crippen LogP contribution in [0.1, 0.15) is 77.6 Å². The predicted molar refractivity (Wildman–Crippen MR) is 288 cm³/mol. The summed E-state index contributed by atoms with van der Waals surface area (Å²) < 4.78 is 6.55. The van der Waals surface area contributed by atoms with E-state index in [0.29, 0.717) is 7.48 Å². The zero-order chi connectivity index (χ0) is 47.9. The molecule has 0 spiro atoms. The molecule has 0 unspecified atom stereocenters. The first-order valence-corrected chi connectivity index (χ1v) is 24.2. The molecular weight excluding hydrogens is 840 g/mol. The molecular formula is C64H57BN2O2. The number of benzene rings is 7. The van der Waals surface area contributed by atoms with Crippen molar-refractivity contribution < 1.29 is 9.76 Å². The van der Waals surface area contributed by atoms with Crippen molar-refractivity contribution in [1.29, 1.82) is 0 Å². The highest BCUT2D eigenvalue weighted by atomic mass is 16.5. The molecule has 0 saturated carbocycles. The van der Waals surface area contributed by atoms with Crippen LogP contribution in [0.4, 0.5) is 0 Å². The van der Waals surface area contributed by atoms with E-state index in [1.165, 1.54) is 44.5 Å². The van der Waals surface area contributed by atoms with Gasteiger partial charge in [-0.3, -0.25) is 9.97 Å². The lowest BCUT2D eigenvalue weighted by Crippen LogP contribution is -2.49. The van der Waals surface area contributed by atoms with Crippen molar-refractivity contribution in [2.75, 3.05) is 0 Å². The number of pyridine rings is 2. The fourth-order valence-electron chi connectivity index (χ4n) is 10.7. The van der Waals surface area contributed by atoms with Gasteiger partial charge in [0, 0.05) is 45.5 Å². The van der Waals surface area contributed by atoms with Crippen molar-refractivity contribution in [2.45, 2.75) is 77.4 Å². The molecule has 338 valence electrons. The molecule has 0 saturated heterocycles. The first-order valence-electron chi connectivity index (χ1n) is 24.2. The molecule has 0 amide bonds. The maximum Gasteiger partial charge on any atom is 0.309 e. The number of hydrogen-bond donors (Lipinski definition) is 1. The van der Waals surface area contributed by atoms with Gasteiger partial charge >= 0.3 is 7.48 Å². The predicted octanol–water partition coefficient (Wildman–Crippen LogP) is 14.6. The van der Waals surface area contributed by atoms with Crippen LogP contribution in [-0.4, -0.2) is 33.8 Å². The number of rotatable bonds is 10. The molecule has 2 aliphatic carbocycles. The van der Waals surface area contributed by atoms with E-state index in [-0.39, 0.29) is 10.8 Å². The van der Waals surface area contributed by atoms with E-state index in [9.17, 15) is 5.11 Å². The van der Waals surface area contributed by atoms with E-state index in [2.05, 4.69) is 204 Å². The third kappa shape index (κ3) is 7.65. The smallest absolute Gasteiger partial charge is 0.309 e. The molecule has 0 fully saturated rings. The molecule has 11 rings (SSSR count). The standard InChI is InChI=1S/C64H57BN2O2/c1-61(2)55-23-15-13-21-51(55)53-29-25-40(36-57(53)61)59-31-27-42(38-66-59)47-17-9-11-19-49(47)44-33-45(35-46(34-44)65-69-64(7,8)63(5,6)68)50-20-12-10-18-48(50)43-28-32-60(67-39-43)41-26-30-54-52-22-14-16-24-56(52)62(3,4)58(54)37-41/h9-39,65,68H,1-8H3. The fraction of sp³-hybridized carbons (Fsp3) is 0.188. The van der Waals surface area contributed by atoms with Crippen LogP contribution >= 0.6 is 0 Å². The van der Waals surface area contributed by atoms with Crippen molar-refractivity contribution in [3.63, 3.8) is 0 Å². The minimum absolute atomic E-state index is 0.0830. The summed E-state index contributed by atoms with van der Waals surface area (Å²) in [5.74, 6) is 0. The Balaban J connectivity index is 0.943. The Bertz CT molecular complexity index is 3240. The van der Waals surface area contributed by atoms with Gasteiger partial charge in [0.05, 0.1) is 22.6 Å². The summed E-state index contributed by atoms with van der Waals surface area (Å²) in [6, 6.07) is 63.7. The van der Waals surface area contributed by atoms with E-state index in [1.54, 1.807) is 13.8 Å². The molecule has 9 aromatic rings. The Hall–Kier alpha value is -7.18. The number of nitrogens with zero attached hydrogens (tertiary/aromatic N) is 2. The molecule has 0 radical (unpaired) electrons. The third-order valence-corrected chi connectivity index (χ3v) is 15.4. The molecule has 0 aliphatic heterocycles. The van der Waals surface area contributed by atoms with Crippen LogP contribution in [0, 0.1) is 0 Å². The minimum Gasteiger partial charge on any atom is -0.427 e. The first-order chi connectivity index (χ1) is 33.1. The molecule has 2 heterocycles. The summed E-state index contributed by atoms with van der Waals surface area (Å²) in [6.07, 6.45) is 4.02. The van der Waals surface area contributed by atoms with Crippen LogP contribution in [0.3, 0.4) is 0 Å². The van der Waals surface area contributed by atoms with Gasteiger partial charge in [0.2, 0.25) is 0 Å². The zero-order valence-electron chi connectivity index (χ0n) is 40.9. The summed E-state index contributed by atoms with van der Waals surface area (Å²) in [5, 5.41) is 11.1. The zero-order valence-corrected chi connectivity index (χ0v) is 40.9. The van der Waals surface area contributed by atoms with Gasteiger partial charge in [-0.25, -0.2) is 0 Å². The van der Waals surface area contributed by atoms with Crippen molar-refractivity contribution in [1.82, 2.24) is 9.97 Å². The molecule has 7 aromatic carbocycles. The maximum atomic E-state index is 11.1. The topological polar surface area (TPSA) is 55.2 Å². The Labute approximate surface area is 408 Å². The summed E-state index contributed by atoms with van der Waals surface area (Å²) in [5.41, 5.74) is 22.4. The van der Waals surface area contributed by atoms with Crippen molar-refractivity contribution in [3.8, 4) is 89.3 Å². The monoisotopic (exact) mass is 896 g/mol. The van der Waals surface area contributed by atoms with Gasteiger partial charge < -0.3 is 9.76 Å². The first kappa shape index (κ1) is 44.3. The highest BCUT2D eigenvalue weighted by molar-refractivity contribution is 6.47. The van der Waals surface area contributed by atoms with Gasteiger partial charge in [-0.05, 0) is 136 Å². The van der Waals surface area contributed by atoms with Crippen LogP contribution in [-0.2, 0) is 15.5 Å². The van der Waals surface area contributed by atoms with E-state index in [0.717, 1.165) is 72.5 Å². The molecule has 2 aromatic heterocycles. The highest BCUT2D eigenvalue weighted by Crippen LogP contribution is 2.51. The Morgan fingerprint density at radius 3 is 1.14 bits per heavy atom. The third-order valence-electron chi connectivity index (χ3n) is 15.4. The van der Waals surface area contributed by atoms with E-state index in [4.69, 9.17) is 14.6 Å². The minimum atomic E-state index is -1.05. The van der Waals surface area contributed by atoms with Crippen LogP contribution in [0.5, 0.6) is 0 Å². The second kappa shape index (κ2) is 16.5. The summed E-state index contributed by atoms with van der Waals surface area (Å²) >= 11 is 0. The Morgan fingerprint density at radius 2 is 0.754 bits per heavy atom. The SMILES string of the molecule is CC1(C)c2ccccc2-c2ccc(-c3ccc(-c4ccccc4-c4cc(BOC(C)(C)C(C)(C)O)cc(-c5ccccc5-c5ccc(-c6ccc7c(c6)C(C)(C)c6ccccc6-7)nc5)c4)cn3)cc21. The van der Waals surface area contributed by atoms with E-state index in [1.807, 2.05) is 26.2 Å². The van der Waals surface area contributed by atoms with Gasteiger partial charge in [-0.1, -0.05) is 179 Å². The van der Waals surface area contributed by atoms with Crippen LogP contribution < -0.4 is 5.46 Å². The molecule has 0 bridgehead atoms. The van der Waals surface area contributed by atoms with Gasteiger partial charge in [-0.2, -0.15) is 0 Å². The number of aromatic nitrogens is 2. The highest BCUT2D eigenvalue weighted by Gasteiger charge is 2.38. The Morgan fingerprint density at radius 1 is 0.391 bits per heavy atom. The quantitative estimate of drug-likeness (QED) is 0.139. The summed E-state index contributed by atoms with van der Waals surface area (Å²) in [6.45, 7) is 16.8. The van der Waals surface area contributed by atoms with E-state index < -0.39 is 11.2 Å². The fourth-order valence-corrected chi connectivity index (χ4v) is 10.7. The number of hydrogen-bond acceptors (Lipinski definition) is 4. The molecule has 1 N–H and O–H groups in total. The van der Waals surface area contributed by atoms with Crippen LogP contribution in [0.2, 0.25) is 0 Å². The van der Waals surface area contributed by atoms with E-state index >= 15 is 0 Å². The second-order valence-electron chi connectivity index (χ2n) is 21.1. The van der Waals surface area contributed by atoms with Gasteiger partial charge in [0.1, 0.15) is 0 Å². The lowest BCUT2D eigenvalue weighted by molar-refractivity contribution is -0.0893. The van der Waals surface area contributed by atoms with Gasteiger partial charge in [-0.15, -0.1) is 0 Å². The van der Waals surface area contributed by atoms with Crippen molar-refractivity contribution in [2.24, 2.45) is 0 Å². The normalized spacial score (nSPS) is 14.2. The number of aliphatic hydroxyl groups is 1. The number of fused-ring (bicyclic) bond motifs is 6. The molecule has 0 atom stereocenters.